The maximum absolute atomic E-state index is 11.4. The predicted octanol–water partition coefficient (Wildman–Crippen LogP) is 0.909. The van der Waals surface area contributed by atoms with E-state index in [-0.39, 0.29) is 10.6 Å². The van der Waals surface area contributed by atoms with Crippen LogP contribution in [0.15, 0.2) is 34.3 Å². The molecule has 1 N–H and O–H groups in total. The third-order valence-corrected chi connectivity index (χ3v) is 2.94. The van der Waals surface area contributed by atoms with E-state index in [1.807, 2.05) is 0 Å². The van der Waals surface area contributed by atoms with Crippen LogP contribution < -0.4 is 4.72 Å². The zero-order chi connectivity index (χ0) is 11.5. The fraction of sp³-hybridized carbons (Fsp3) is 0.125. The number of nitrogens with one attached hydrogen (secondary N) is 1. The van der Waals surface area contributed by atoms with Gasteiger partial charge in [0.1, 0.15) is 5.69 Å². The number of hydrogen-bond acceptors (Lipinski definition) is 5. The van der Waals surface area contributed by atoms with E-state index < -0.39 is 15.9 Å². The molecule has 0 aliphatic heterocycles. The van der Waals surface area contributed by atoms with E-state index in [2.05, 4.69) is 5.18 Å². The lowest BCUT2D eigenvalue weighted by molar-refractivity contribution is -0.117. The van der Waals surface area contributed by atoms with Crippen LogP contribution in [-0.4, -0.2) is 14.3 Å². The number of carbonyl (C=O) groups excluding carboxylic acids is 1. The minimum atomic E-state index is -3.89. The van der Waals surface area contributed by atoms with E-state index in [0.29, 0.717) is 0 Å². The minimum absolute atomic E-state index is 0.0126. The van der Waals surface area contributed by atoms with Crippen molar-refractivity contribution in [3.63, 3.8) is 0 Å². The van der Waals surface area contributed by atoms with Crippen molar-refractivity contribution in [2.75, 3.05) is 0 Å². The highest BCUT2D eigenvalue weighted by molar-refractivity contribution is 7.90. The van der Waals surface area contributed by atoms with Gasteiger partial charge in [-0.05, 0) is 23.4 Å². The fourth-order valence-corrected chi connectivity index (χ4v) is 1.99. The second kappa shape index (κ2) is 4.18. The normalized spacial score (nSPS) is 10.7. The molecule has 1 aromatic rings. The molecule has 0 bridgehead atoms. The van der Waals surface area contributed by atoms with Crippen molar-refractivity contribution in [2.24, 2.45) is 5.18 Å². The summed E-state index contributed by atoms with van der Waals surface area (Å²) in [6.45, 7) is 1.08. The lowest BCUT2D eigenvalue weighted by atomic mass is 10.3. The van der Waals surface area contributed by atoms with Gasteiger partial charge in [-0.25, -0.2) is 13.1 Å². The summed E-state index contributed by atoms with van der Waals surface area (Å²) in [5, 5.41) is 2.60. The van der Waals surface area contributed by atoms with Crippen LogP contribution in [0.3, 0.4) is 0 Å². The Bertz CT molecular complexity index is 495. The van der Waals surface area contributed by atoms with Crippen molar-refractivity contribution >= 4 is 21.6 Å². The second-order valence-corrected chi connectivity index (χ2v) is 4.43. The van der Waals surface area contributed by atoms with E-state index in [4.69, 9.17) is 0 Å². The van der Waals surface area contributed by atoms with Gasteiger partial charge < -0.3 is 0 Å². The van der Waals surface area contributed by atoms with Gasteiger partial charge in [0.05, 0.1) is 4.90 Å². The molecule has 7 heteroatoms. The van der Waals surface area contributed by atoms with Crippen molar-refractivity contribution in [2.45, 2.75) is 11.8 Å². The molecule has 0 radical (unpaired) electrons. The zero-order valence-electron chi connectivity index (χ0n) is 7.80. The Morgan fingerprint density at radius 2 is 2.07 bits per heavy atom. The molecule has 0 aliphatic rings. The Labute approximate surface area is 86.3 Å². The van der Waals surface area contributed by atoms with E-state index in [9.17, 15) is 18.1 Å². The SMILES string of the molecule is CC(=O)NS(=O)(=O)c1cccc(N=O)c1. The molecule has 15 heavy (non-hydrogen) atoms. The summed E-state index contributed by atoms with van der Waals surface area (Å²) in [5.41, 5.74) is -0.0126. The fourth-order valence-electron chi connectivity index (χ4n) is 0.956. The second-order valence-electron chi connectivity index (χ2n) is 2.75. The third kappa shape index (κ3) is 2.84. The van der Waals surface area contributed by atoms with Crippen molar-refractivity contribution < 1.29 is 13.2 Å². The third-order valence-electron chi connectivity index (χ3n) is 1.51. The van der Waals surface area contributed by atoms with Gasteiger partial charge in [0.2, 0.25) is 5.91 Å². The van der Waals surface area contributed by atoms with Crippen LogP contribution in [0.1, 0.15) is 6.92 Å². The monoisotopic (exact) mass is 228 g/mol. The standard InChI is InChI=1S/C8H8N2O4S/c1-6(11)10-15(13,14)8-4-2-3-7(5-8)9-12/h2-5H,1H3,(H,10,11). The molecule has 0 spiro atoms. The van der Waals surface area contributed by atoms with E-state index >= 15 is 0 Å². The number of benzene rings is 1. The van der Waals surface area contributed by atoms with Crippen molar-refractivity contribution in [1.82, 2.24) is 4.72 Å². The van der Waals surface area contributed by atoms with Gasteiger partial charge in [-0.3, -0.25) is 4.79 Å². The molecule has 80 valence electrons. The molecule has 0 unspecified atom stereocenters. The Balaban J connectivity index is 3.15. The first-order valence-corrected chi connectivity index (χ1v) is 5.41. The summed E-state index contributed by atoms with van der Waals surface area (Å²) in [6, 6.07) is 5.07. The van der Waals surface area contributed by atoms with Crippen molar-refractivity contribution in [3.05, 3.63) is 29.2 Å². The van der Waals surface area contributed by atoms with E-state index in [1.165, 1.54) is 18.2 Å². The van der Waals surface area contributed by atoms with E-state index in [0.717, 1.165) is 13.0 Å². The zero-order valence-corrected chi connectivity index (χ0v) is 8.61. The topological polar surface area (TPSA) is 92.7 Å². The molecule has 0 atom stereocenters. The Morgan fingerprint density at radius 3 is 2.60 bits per heavy atom. The molecular formula is C8H8N2O4S. The molecule has 1 aromatic carbocycles. The number of rotatable bonds is 3. The highest BCUT2D eigenvalue weighted by atomic mass is 32.2. The molecular weight excluding hydrogens is 220 g/mol. The molecule has 0 fully saturated rings. The summed E-state index contributed by atoms with van der Waals surface area (Å²) in [5.74, 6) is -0.695. The van der Waals surface area contributed by atoms with Crippen LogP contribution in [0.5, 0.6) is 0 Å². The molecule has 0 saturated carbocycles. The number of carbonyl (C=O) groups is 1. The highest BCUT2D eigenvalue weighted by Crippen LogP contribution is 2.17. The Kier molecular flexibility index (Phi) is 3.15. The Morgan fingerprint density at radius 1 is 1.40 bits per heavy atom. The number of nitroso groups, excluding NO2 is 1. The van der Waals surface area contributed by atoms with Crippen molar-refractivity contribution in [1.29, 1.82) is 0 Å². The molecule has 6 nitrogen and oxygen atoms in total. The molecule has 0 saturated heterocycles. The number of sulfonamides is 1. The maximum atomic E-state index is 11.4. The number of hydrogen-bond donors (Lipinski definition) is 1. The molecule has 0 heterocycles. The summed E-state index contributed by atoms with van der Waals surface area (Å²) in [4.78, 5) is 20.6. The van der Waals surface area contributed by atoms with E-state index in [1.54, 1.807) is 4.72 Å². The van der Waals surface area contributed by atoms with Gasteiger partial charge in [0.25, 0.3) is 10.0 Å². The first kappa shape index (κ1) is 11.3. The van der Waals surface area contributed by atoms with Crippen LogP contribution >= 0.6 is 0 Å². The van der Waals surface area contributed by atoms with Crippen LogP contribution in [-0.2, 0) is 14.8 Å². The van der Waals surface area contributed by atoms with Crippen LogP contribution in [0.2, 0.25) is 0 Å². The summed E-state index contributed by atoms with van der Waals surface area (Å²) >= 11 is 0. The maximum Gasteiger partial charge on any atom is 0.264 e. The van der Waals surface area contributed by atoms with Crippen LogP contribution in [0.4, 0.5) is 5.69 Å². The smallest absolute Gasteiger partial charge is 0.264 e. The van der Waals surface area contributed by atoms with Gasteiger partial charge in [-0.15, -0.1) is 4.91 Å². The Hall–Kier alpha value is -1.76. The predicted molar refractivity (Wildman–Crippen MR) is 52.9 cm³/mol. The summed E-state index contributed by atoms with van der Waals surface area (Å²) in [6.07, 6.45) is 0. The molecule has 1 rings (SSSR count). The quantitative estimate of drug-likeness (QED) is 0.778. The summed E-state index contributed by atoms with van der Waals surface area (Å²) < 4.78 is 24.6. The van der Waals surface area contributed by atoms with Crippen molar-refractivity contribution in [3.8, 4) is 0 Å². The molecule has 0 aromatic heterocycles. The van der Waals surface area contributed by atoms with Crippen LogP contribution in [0.25, 0.3) is 0 Å². The van der Waals surface area contributed by atoms with Crippen LogP contribution in [0, 0.1) is 4.91 Å². The average Bonchev–Trinajstić information content (AvgIpc) is 2.16. The largest absolute Gasteiger partial charge is 0.274 e. The van der Waals surface area contributed by atoms with Gasteiger partial charge in [0.15, 0.2) is 0 Å². The lowest BCUT2D eigenvalue weighted by Gasteiger charge is -2.03. The number of amides is 1. The van der Waals surface area contributed by atoms with Gasteiger partial charge >= 0.3 is 0 Å². The molecule has 1 amide bonds. The molecule has 0 aliphatic carbocycles. The first-order chi connectivity index (χ1) is 6.95. The lowest BCUT2D eigenvalue weighted by Crippen LogP contribution is -2.28. The average molecular weight is 228 g/mol. The summed E-state index contributed by atoms with van der Waals surface area (Å²) in [7, 11) is -3.89. The van der Waals surface area contributed by atoms with Gasteiger partial charge in [-0.1, -0.05) is 6.07 Å². The van der Waals surface area contributed by atoms with Gasteiger partial charge in [-0.2, -0.15) is 0 Å². The highest BCUT2D eigenvalue weighted by Gasteiger charge is 2.15. The number of nitrogens with zero attached hydrogens (tertiary/aromatic N) is 1. The first-order valence-electron chi connectivity index (χ1n) is 3.92. The minimum Gasteiger partial charge on any atom is -0.274 e. The van der Waals surface area contributed by atoms with Gasteiger partial charge in [0, 0.05) is 6.92 Å².